The minimum atomic E-state index is -0.795. The van der Waals surface area contributed by atoms with E-state index in [1.165, 1.54) is 14.2 Å². The van der Waals surface area contributed by atoms with Crippen LogP contribution in [0.25, 0.3) is 10.8 Å². The zero-order valence-electron chi connectivity index (χ0n) is 15.9. The summed E-state index contributed by atoms with van der Waals surface area (Å²) in [4.78, 5) is 29.7. The van der Waals surface area contributed by atoms with Crippen LogP contribution in [0.3, 0.4) is 0 Å². The summed E-state index contributed by atoms with van der Waals surface area (Å²) in [7, 11) is 2.91. The molecule has 6 heteroatoms. The second kappa shape index (κ2) is 8.19. The first-order valence-corrected chi connectivity index (χ1v) is 8.48. The van der Waals surface area contributed by atoms with Gasteiger partial charge in [-0.2, -0.15) is 0 Å². The summed E-state index contributed by atoms with van der Waals surface area (Å²) < 4.78 is 5.28. The molecular formula is C20H26N2O4. The van der Waals surface area contributed by atoms with Crippen molar-refractivity contribution >= 4 is 22.8 Å². The molecule has 0 radical (unpaired) electrons. The van der Waals surface area contributed by atoms with Crippen LogP contribution in [0.1, 0.15) is 26.3 Å². The van der Waals surface area contributed by atoms with E-state index in [1.807, 2.05) is 42.5 Å². The molecule has 2 aromatic rings. The van der Waals surface area contributed by atoms with Gasteiger partial charge in [-0.05, 0) is 37.1 Å². The van der Waals surface area contributed by atoms with E-state index in [0.717, 1.165) is 21.4 Å². The first kappa shape index (κ1) is 19.7. The standard InChI is InChI=1S/C20H26N2O4/c1-20(2,3)26-19(24)21-17(18(23)22(4)25-5)13-14-10-11-15-8-6-7-9-16(15)12-14/h6-12,17H,13H2,1-5H3,(H,21,24)/t17-/m0/s1. The zero-order chi connectivity index (χ0) is 19.3. The van der Waals surface area contributed by atoms with Crippen LogP contribution < -0.4 is 5.32 Å². The maximum atomic E-state index is 12.6. The summed E-state index contributed by atoms with van der Waals surface area (Å²) in [5.41, 5.74) is 0.288. The van der Waals surface area contributed by atoms with Gasteiger partial charge in [0.2, 0.25) is 0 Å². The number of carbonyl (C=O) groups is 2. The van der Waals surface area contributed by atoms with Gasteiger partial charge >= 0.3 is 6.09 Å². The molecule has 0 aromatic heterocycles. The van der Waals surface area contributed by atoms with Gasteiger partial charge in [0.05, 0.1) is 7.11 Å². The first-order valence-electron chi connectivity index (χ1n) is 8.48. The van der Waals surface area contributed by atoms with Crippen molar-refractivity contribution in [1.29, 1.82) is 0 Å². The molecule has 1 N–H and O–H groups in total. The fraction of sp³-hybridized carbons (Fsp3) is 0.400. The molecule has 2 aromatic carbocycles. The highest BCUT2D eigenvalue weighted by molar-refractivity contribution is 5.86. The molecule has 26 heavy (non-hydrogen) atoms. The molecule has 140 valence electrons. The van der Waals surface area contributed by atoms with Crippen molar-refractivity contribution in [3.63, 3.8) is 0 Å². The summed E-state index contributed by atoms with van der Waals surface area (Å²) in [6, 6.07) is 13.2. The van der Waals surface area contributed by atoms with Gasteiger partial charge in [0.15, 0.2) is 0 Å². The highest BCUT2D eigenvalue weighted by Gasteiger charge is 2.27. The molecular weight excluding hydrogens is 332 g/mol. The lowest BCUT2D eigenvalue weighted by Gasteiger charge is -2.25. The highest BCUT2D eigenvalue weighted by atomic mass is 16.7. The second-order valence-corrected chi connectivity index (χ2v) is 7.10. The number of likely N-dealkylation sites (N-methyl/N-ethyl adjacent to an activating group) is 1. The smallest absolute Gasteiger partial charge is 0.408 e. The molecule has 0 aliphatic rings. The molecule has 0 fully saturated rings. The molecule has 2 amide bonds. The monoisotopic (exact) mass is 358 g/mol. The van der Waals surface area contributed by atoms with Gasteiger partial charge in [-0.15, -0.1) is 0 Å². The van der Waals surface area contributed by atoms with Crippen LogP contribution in [0.2, 0.25) is 0 Å². The normalized spacial score (nSPS) is 12.5. The minimum Gasteiger partial charge on any atom is -0.444 e. The van der Waals surface area contributed by atoms with E-state index in [-0.39, 0.29) is 5.91 Å². The third kappa shape index (κ3) is 5.46. The number of hydroxylamine groups is 2. The summed E-state index contributed by atoms with van der Waals surface area (Å²) in [6.45, 7) is 5.32. The number of hydrogen-bond donors (Lipinski definition) is 1. The molecule has 0 aliphatic heterocycles. The Hall–Kier alpha value is -2.60. The minimum absolute atomic E-state index is 0.330. The van der Waals surface area contributed by atoms with Gasteiger partial charge in [0, 0.05) is 13.5 Å². The van der Waals surface area contributed by atoms with Crippen molar-refractivity contribution in [2.24, 2.45) is 0 Å². The average molecular weight is 358 g/mol. The number of nitrogens with one attached hydrogen (secondary N) is 1. The topological polar surface area (TPSA) is 67.9 Å². The van der Waals surface area contributed by atoms with E-state index in [0.29, 0.717) is 6.42 Å². The number of nitrogens with zero attached hydrogens (tertiary/aromatic N) is 1. The van der Waals surface area contributed by atoms with Crippen molar-refractivity contribution < 1.29 is 19.2 Å². The van der Waals surface area contributed by atoms with Crippen molar-refractivity contribution in [3.05, 3.63) is 48.0 Å². The number of ether oxygens (including phenoxy) is 1. The van der Waals surface area contributed by atoms with Crippen LogP contribution >= 0.6 is 0 Å². The lowest BCUT2D eigenvalue weighted by atomic mass is 10.0. The van der Waals surface area contributed by atoms with Crippen LogP contribution in [-0.4, -0.2) is 42.9 Å². The molecule has 2 rings (SSSR count). The second-order valence-electron chi connectivity index (χ2n) is 7.10. The molecule has 6 nitrogen and oxygen atoms in total. The molecule has 0 spiro atoms. The fourth-order valence-corrected chi connectivity index (χ4v) is 2.56. The lowest BCUT2D eigenvalue weighted by molar-refractivity contribution is -0.171. The number of rotatable bonds is 5. The highest BCUT2D eigenvalue weighted by Crippen LogP contribution is 2.17. The Balaban J connectivity index is 2.21. The van der Waals surface area contributed by atoms with E-state index in [2.05, 4.69) is 5.32 Å². The SMILES string of the molecule is CON(C)C(=O)[C@H](Cc1ccc2ccccc2c1)NC(=O)OC(C)(C)C. The van der Waals surface area contributed by atoms with Crippen LogP contribution in [-0.2, 0) is 20.8 Å². The van der Waals surface area contributed by atoms with Crippen molar-refractivity contribution in [1.82, 2.24) is 10.4 Å². The van der Waals surface area contributed by atoms with Crippen LogP contribution in [0, 0.1) is 0 Å². The molecule has 0 aliphatic carbocycles. The molecule has 0 saturated carbocycles. The van der Waals surface area contributed by atoms with Crippen LogP contribution in [0.15, 0.2) is 42.5 Å². The van der Waals surface area contributed by atoms with Gasteiger partial charge in [0.25, 0.3) is 5.91 Å². The number of carbonyl (C=O) groups excluding carboxylic acids is 2. The van der Waals surface area contributed by atoms with Crippen LogP contribution in [0.4, 0.5) is 4.79 Å². The third-order valence-electron chi connectivity index (χ3n) is 3.83. The van der Waals surface area contributed by atoms with E-state index in [1.54, 1.807) is 20.8 Å². The number of hydrogen-bond acceptors (Lipinski definition) is 4. The largest absolute Gasteiger partial charge is 0.444 e. The number of fused-ring (bicyclic) bond motifs is 1. The lowest BCUT2D eigenvalue weighted by Crippen LogP contribution is -2.49. The van der Waals surface area contributed by atoms with Gasteiger partial charge < -0.3 is 10.1 Å². The van der Waals surface area contributed by atoms with E-state index >= 15 is 0 Å². The quantitative estimate of drug-likeness (QED) is 0.833. The Morgan fingerprint density at radius 3 is 2.38 bits per heavy atom. The van der Waals surface area contributed by atoms with E-state index in [4.69, 9.17) is 9.57 Å². The van der Waals surface area contributed by atoms with Gasteiger partial charge in [-0.25, -0.2) is 9.86 Å². The number of amides is 2. The van der Waals surface area contributed by atoms with Gasteiger partial charge in [0.1, 0.15) is 11.6 Å². The maximum absolute atomic E-state index is 12.6. The summed E-state index contributed by atoms with van der Waals surface area (Å²) in [6.07, 6.45) is -0.308. The van der Waals surface area contributed by atoms with Crippen molar-refractivity contribution in [3.8, 4) is 0 Å². The summed E-state index contributed by atoms with van der Waals surface area (Å²) in [5, 5.41) is 5.95. The predicted molar refractivity (Wildman–Crippen MR) is 101 cm³/mol. The molecule has 0 unspecified atom stereocenters. The molecule has 0 heterocycles. The fourth-order valence-electron chi connectivity index (χ4n) is 2.56. The Morgan fingerprint density at radius 1 is 1.12 bits per heavy atom. The zero-order valence-corrected chi connectivity index (χ0v) is 15.9. The average Bonchev–Trinajstić information content (AvgIpc) is 2.58. The predicted octanol–water partition coefficient (Wildman–Crippen LogP) is 3.30. The summed E-state index contributed by atoms with van der Waals surface area (Å²) in [5.74, 6) is -0.355. The number of benzene rings is 2. The maximum Gasteiger partial charge on any atom is 0.408 e. The first-order chi connectivity index (χ1) is 12.2. The van der Waals surface area contributed by atoms with Crippen molar-refractivity contribution in [2.45, 2.75) is 38.8 Å². The Kier molecular flexibility index (Phi) is 6.21. The Bertz CT molecular complexity index is 783. The Labute approximate surface area is 154 Å². The van der Waals surface area contributed by atoms with Crippen molar-refractivity contribution in [2.75, 3.05) is 14.2 Å². The third-order valence-corrected chi connectivity index (χ3v) is 3.83. The van der Waals surface area contributed by atoms with E-state index in [9.17, 15) is 9.59 Å². The summed E-state index contributed by atoms with van der Waals surface area (Å²) >= 11 is 0. The van der Waals surface area contributed by atoms with Gasteiger partial charge in [-0.1, -0.05) is 42.5 Å². The molecule has 0 saturated heterocycles. The van der Waals surface area contributed by atoms with Crippen LogP contribution in [0.5, 0.6) is 0 Å². The van der Waals surface area contributed by atoms with E-state index < -0.39 is 17.7 Å². The number of alkyl carbamates (subject to hydrolysis) is 1. The molecule has 0 bridgehead atoms. The van der Waals surface area contributed by atoms with Gasteiger partial charge in [-0.3, -0.25) is 9.63 Å². The molecule has 1 atom stereocenters. The Morgan fingerprint density at radius 2 is 1.77 bits per heavy atom.